The van der Waals surface area contributed by atoms with Gasteiger partial charge < -0.3 is 11.1 Å². The number of anilines is 1. The summed E-state index contributed by atoms with van der Waals surface area (Å²) in [6, 6.07) is 4.09. The molecule has 0 radical (unpaired) electrons. The fourth-order valence-corrected chi connectivity index (χ4v) is 4.54. The van der Waals surface area contributed by atoms with Crippen molar-refractivity contribution in [2.24, 2.45) is 0 Å². The van der Waals surface area contributed by atoms with Crippen LogP contribution in [0.4, 0.5) is 5.69 Å². The number of aromatic nitrogens is 1. The molecule has 2 aromatic rings. The molecule has 1 fully saturated rings. The van der Waals surface area contributed by atoms with E-state index in [9.17, 15) is 4.79 Å². The van der Waals surface area contributed by atoms with Crippen LogP contribution in [0.1, 0.15) is 35.4 Å². The highest BCUT2D eigenvalue weighted by molar-refractivity contribution is 7.99. The first-order valence-electron chi connectivity index (χ1n) is 7.15. The number of fused-ring (bicyclic) bond motifs is 1. The lowest BCUT2D eigenvalue weighted by molar-refractivity contribution is 0.0933. The summed E-state index contributed by atoms with van der Waals surface area (Å²) < 4.78 is 0.964. The van der Waals surface area contributed by atoms with Crippen LogP contribution in [-0.2, 0) is 0 Å². The van der Waals surface area contributed by atoms with Gasteiger partial charge in [0.1, 0.15) is 10.4 Å². The topological polar surface area (TPSA) is 68.0 Å². The highest BCUT2D eigenvalue weighted by Crippen LogP contribution is 2.32. The van der Waals surface area contributed by atoms with E-state index in [-0.39, 0.29) is 11.9 Å². The largest absolute Gasteiger partial charge is 0.396 e. The second-order valence-electron chi connectivity index (χ2n) is 5.38. The average molecular weight is 321 g/mol. The molecule has 3 rings (SSSR count). The highest BCUT2D eigenvalue weighted by Gasteiger charge is 2.24. The maximum atomic E-state index is 12.4. The van der Waals surface area contributed by atoms with Crippen LogP contribution in [0.3, 0.4) is 0 Å². The zero-order valence-electron chi connectivity index (χ0n) is 12.0. The number of hydrogen-bond acceptors (Lipinski definition) is 5. The molecule has 4 nitrogen and oxygen atoms in total. The molecule has 112 valence electrons. The summed E-state index contributed by atoms with van der Waals surface area (Å²) in [5.74, 6) is -0.0527. The Hall–Kier alpha value is -1.27. The molecule has 0 aromatic carbocycles. The first-order valence-corrected chi connectivity index (χ1v) is 9.26. The third-order valence-electron chi connectivity index (χ3n) is 4.03. The lowest BCUT2D eigenvalue weighted by atomic mass is 9.95. The van der Waals surface area contributed by atoms with E-state index >= 15 is 0 Å². The van der Waals surface area contributed by atoms with Crippen LogP contribution >= 0.6 is 23.1 Å². The molecule has 1 saturated carbocycles. The standard InChI is InChI=1S/C15H19N3OS2/c1-20-10-6-4-9(5-7-10)18-15(19)14-12(16)13-11(21-14)3-2-8-17-13/h2-3,8-10H,4-7,16H2,1H3,(H,18,19). The summed E-state index contributed by atoms with van der Waals surface area (Å²) in [6.45, 7) is 0. The van der Waals surface area contributed by atoms with Crippen molar-refractivity contribution < 1.29 is 4.79 Å². The molecule has 21 heavy (non-hydrogen) atoms. The Kier molecular flexibility index (Phi) is 4.35. The molecule has 0 spiro atoms. The molecule has 1 aliphatic rings. The molecule has 0 bridgehead atoms. The Bertz CT molecular complexity index is 647. The molecule has 2 heterocycles. The number of nitrogens with two attached hydrogens (primary N) is 1. The summed E-state index contributed by atoms with van der Waals surface area (Å²) >= 11 is 3.35. The lowest BCUT2D eigenvalue weighted by Crippen LogP contribution is -2.38. The van der Waals surface area contributed by atoms with Crippen molar-refractivity contribution >= 4 is 44.9 Å². The second-order valence-corrected chi connectivity index (χ2v) is 7.57. The van der Waals surface area contributed by atoms with Crippen LogP contribution in [0.5, 0.6) is 0 Å². The molecular formula is C15H19N3OS2. The number of hydrogen-bond donors (Lipinski definition) is 2. The van der Waals surface area contributed by atoms with Crippen molar-refractivity contribution in [2.75, 3.05) is 12.0 Å². The van der Waals surface area contributed by atoms with E-state index in [2.05, 4.69) is 16.6 Å². The third kappa shape index (κ3) is 3.01. The molecule has 0 aliphatic heterocycles. The predicted molar refractivity (Wildman–Crippen MR) is 91.1 cm³/mol. The molecular weight excluding hydrogens is 302 g/mol. The van der Waals surface area contributed by atoms with Crippen molar-refractivity contribution in [3.05, 3.63) is 23.2 Å². The minimum Gasteiger partial charge on any atom is -0.396 e. The van der Waals surface area contributed by atoms with Gasteiger partial charge in [-0.2, -0.15) is 11.8 Å². The second kappa shape index (κ2) is 6.23. The first kappa shape index (κ1) is 14.7. The number of thiophene rings is 1. The number of pyridine rings is 1. The summed E-state index contributed by atoms with van der Waals surface area (Å²) in [5.41, 5.74) is 7.31. The maximum absolute atomic E-state index is 12.4. The summed E-state index contributed by atoms with van der Waals surface area (Å²) in [5, 5.41) is 3.88. The maximum Gasteiger partial charge on any atom is 0.263 e. The Balaban J connectivity index is 1.71. The lowest BCUT2D eigenvalue weighted by Gasteiger charge is -2.27. The van der Waals surface area contributed by atoms with Gasteiger partial charge in [-0.3, -0.25) is 9.78 Å². The monoisotopic (exact) mass is 321 g/mol. The van der Waals surface area contributed by atoms with Gasteiger partial charge in [-0.25, -0.2) is 0 Å². The number of amides is 1. The zero-order chi connectivity index (χ0) is 14.8. The number of nitrogens with zero attached hydrogens (tertiary/aromatic N) is 1. The van der Waals surface area contributed by atoms with Gasteiger partial charge in [0.15, 0.2) is 0 Å². The summed E-state index contributed by atoms with van der Waals surface area (Å²) in [7, 11) is 0. The minimum absolute atomic E-state index is 0.0527. The zero-order valence-corrected chi connectivity index (χ0v) is 13.6. The van der Waals surface area contributed by atoms with Gasteiger partial charge in [-0.05, 0) is 44.1 Å². The van der Waals surface area contributed by atoms with Crippen LogP contribution in [0.15, 0.2) is 18.3 Å². The van der Waals surface area contributed by atoms with Gasteiger partial charge in [-0.1, -0.05) is 0 Å². The van der Waals surface area contributed by atoms with Crippen molar-refractivity contribution in [2.45, 2.75) is 37.0 Å². The van der Waals surface area contributed by atoms with E-state index in [1.54, 1.807) is 6.20 Å². The normalized spacial score (nSPS) is 22.3. The average Bonchev–Trinajstić information content (AvgIpc) is 2.86. The van der Waals surface area contributed by atoms with Crippen LogP contribution in [0.2, 0.25) is 0 Å². The van der Waals surface area contributed by atoms with E-state index in [1.165, 1.54) is 24.2 Å². The number of carbonyl (C=O) groups is 1. The van der Waals surface area contributed by atoms with E-state index in [0.29, 0.717) is 10.6 Å². The molecule has 1 amide bonds. The predicted octanol–water partition coefficient (Wildman–Crippen LogP) is 3.28. The molecule has 1 aliphatic carbocycles. The Labute approximate surface area is 132 Å². The van der Waals surface area contributed by atoms with E-state index in [0.717, 1.165) is 28.3 Å². The molecule has 6 heteroatoms. The number of nitrogen functional groups attached to an aromatic ring is 1. The van der Waals surface area contributed by atoms with Crippen molar-refractivity contribution in [1.29, 1.82) is 0 Å². The van der Waals surface area contributed by atoms with Crippen molar-refractivity contribution in [3.63, 3.8) is 0 Å². The fraction of sp³-hybridized carbons (Fsp3) is 0.467. The summed E-state index contributed by atoms with van der Waals surface area (Å²) in [4.78, 5) is 17.3. The number of rotatable bonds is 3. The van der Waals surface area contributed by atoms with Crippen LogP contribution in [0, 0.1) is 0 Å². The molecule has 0 saturated heterocycles. The quantitative estimate of drug-likeness (QED) is 0.910. The molecule has 0 atom stereocenters. The number of carbonyl (C=O) groups excluding carboxylic acids is 1. The van der Waals surface area contributed by atoms with Gasteiger partial charge in [-0.15, -0.1) is 11.3 Å². The van der Waals surface area contributed by atoms with Crippen molar-refractivity contribution in [1.82, 2.24) is 10.3 Å². The van der Waals surface area contributed by atoms with Crippen molar-refractivity contribution in [3.8, 4) is 0 Å². The molecule has 2 aromatic heterocycles. The minimum atomic E-state index is -0.0527. The number of nitrogens with one attached hydrogen (secondary N) is 1. The Morgan fingerprint density at radius 3 is 2.86 bits per heavy atom. The number of thioether (sulfide) groups is 1. The third-order valence-corrected chi connectivity index (χ3v) is 6.33. The van der Waals surface area contributed by atoms with Gasteiger partial charge in [0, 0.05) is 17.5 Å². The van der Waals surface area contributed by atoms with Crippen LogP contribution < -0.4 is 11.1 Å². The van der Waals surface area contributed by atoms with Gasteiger partial charge >= 0.3 is 0 Å². The van der Waals surface area contributed by atoms with E-state index in [1.807, 2.05) is 23.9 Å². The SMILES string of the molecule is CSC1CCC(NC(=O)c2sc3cccnc3c2N)CC1. The van der Waals surface area contributed by atoms with Gasteiger partial charge in [0.05, 0.1) is 10.4 Å². The van der Waals surface area contributed by atoms with E-state index < -0.39 is 0 Å². The van der Waals surface area contributed by atoms with E-state index in [4.69, 9.17) is 5.73 Å². The molecule has 3 N–H and O–H groups in total. The van der Waals surface area contributed by atoms with Gasteiger partial charge in [0.2, 0.25) is 0 Å². The fourth-order valence-electron chi connectivity index (χ4n) is 2.81. The Morgan fingerprint density at radius 2 is 2.19 bits per heavy atom. The van der Waals surface area contributed by atoms with Crippen LogP contribution in [-0.4, -0.2) is 28.4 Å². The first-order chi connectivity index (χ1) is 10.2. The van der Waals surface area contributed by atoms with Gasteiger partial charge in [0.25, 0.3) is 5.91 Å². The smallest absolute Gasteiger partial charge is 0.263 e. The highest BCUT2D eigenvalue weighted by atomic mass is 32.2. The Morgan fingerprint density at radius 1 is 1.43 bits per heavy atom. The van der Waals surface area contributed by atoms with Crippen LogP contribution in [0.25, 0.3) is 10.2 Å². The molecule has 0 unspecified atom stereocenters. The summed E-state index contributed by atoms with van der Waals surface area (Å²) in [6.07, 6.45) is 8.33.